The van der Waals surface area contributed by atoms with Gasteiger partial charge >= 0.3 is 0 Å². The first-order chi connectivity index (χ1) is 6.86. The van der Waals surface area contributed by atoms with Crippen molar-refractivity contribution in [2.45, 2.75) is 6.42 Å². The quantitative estimate of drug-likeness (QED) is 0.796. The third kappa shape index (κ3) is 2.06. The van der Waals surface area contributed by atoms with E-state index < -0.39 is 0 Å². The molecule has 0 aliphatic heterocycles. The van der Waals surface area contributed by atoms with Crippen molar-refractivity contribution in [1.29, 1.82) is 5.41 Å². The lowest BCUT2D eigenvalue weighted by molar-refractivity contribution is 1.04. The van der Waals surface area contributed by atoms with Gasteiger partial charge < -0.3 is 0 Å². The van der Waals surface area contributed by atoms with E-state index in [4.69, 9.17) is 5.41 Å². The third-order valence-electron chi connectivity index (χ3n) is 1.95. The van der Waals surface area contributed by atoms with Crippen LogP contribution in [0.3, 0.4) is 0 Å². The van der Waals surface area contributed by atoms with E-state index in [1.54, 1.807) is 17.5 Å². The summed E-state index contributed by atoms with van der Waals surface area (Å²) >= 11 is 1.71. The zero-order chi connectivity index (χ0) is 9.80. The largest absolute Gasteiger partial charge is 0.283 e. The summed E-state index contributed by atoms with van der Waals surface area (Å²) in [4.78, 5) is 5.26. The fraction of sp³-hybridized carbons (Fsp3) is 0.0909. The molecule has 14 heavy (non-hydrogen) atoms. The number of rotatable bonds is 2. The van der Waals surface area contributed by atoms with Crippen molar-refractivity contribution < 1.29 is 0 Å². The summed E-state index contributed by atoms with van der Waals surface area (Å²) in [6.07, 6.45) is 2.46. The maximum absolute atomic E-state index is 7.69. The topological polar surface area (TPSA) is 36.7 Å². The van der Waals surface area contributed by atoms with E-state index in [-0.39, 0.29) is 0 Å². The van der Waals surface area contributed by atoms with Crippen molar-refractivity contribution in [3.8, 4) is 0 Å². The van der Waals surface area contributed by atoms with E-state index in [2.05, 4.69) is 16.4 Å². The molecule has 2 rings (SSSR count). The molecular formula is C11H10N2S. The van der Waals surface area contributed by atoms with Crippen molar-refractivity contribution >= 4 is 11.3 Å². The second kappa shape index (κ2) is 4.15. The van der Waals surface area contributed by atoms with Crippen LogP contribution < -0.4 is 5.49 Å². The van der Waals surface area contributed by atoms with Crippen LogP contribution in [-0.4, -0.2) is 4.98 Å². The average Bonchev–Trinajstić information content (AvgIpc) is 2.60. The zero-order valence-electron chi connectivity index (χ0n) is 7.60. The Hall–Kier alpha value is -1.48. The molecule has 2 heterocycles. The van der Waals surface area contributed by atoms with Crippen LogP contribution in [0.2, 0.25) is 0 Å². The van der Waals surface area contributed by atoms with E-state index in [0.29, 0.717) is 5.49 Å². The lowest BCUT2D eigenvalue weighted by Crippen LogP contribution is -2.08. The lowest BCUT2D eigenvalue weighted by atomic mass is 10.2. The Morgan fingerprint density at radius 3 is 2.93 bits per heavy atom. The van der Waals surface area contributed by atoms with Crippen LogP contribution in [0.5, 0.6) is 0 Å². The summed E-state index contributed by atoms with van der Waals surface area (Å²) in [6.45, 7) is 0. The smallest absolute Gasteiger partial charge is 0.147 e. The van der Waals surface area contributed by atoms with Gasteiger partial charge in [0.2, 0.25) is 0 Å². The van der Waals surface area contributed by atoms with Gasteiger partial charge in [-0.3, -0.25) is 5.41 Å². The number of hydrogen-bond acceptors (Lipinski definition) is 3. The Labute approximate surface area is 86.4 Å². The molecule has 0 spiro atoms. The van der Waals surface area contributed by atoms with E-state index in [1.807, 2.05) is 24.3 Å². The minimum Gasteiger partial charge on any atom is -0.283 e. The SMILES string of the molecule is N=c1nccccc1Cc1cccs1. The van der Waals surface area contributed by atoms with Crippen LogP contribution in [0.15, 0.2) is 41.9 Å². The van der Waals surface area contributed by atoms with Gasteiger partial charge in [-0.1, -0.05) is 18.2 Å². The van der Waals surface area contributed by atoms with Crippen molar-refractivity contribution in [3.05, 3.63) is 57.8 Å². The Morgan fingerprint density at radius 1 is 1.21 bits per heavy atom. The molecule has 0 aliphatic rings. The highest BCUT2D eigenvalue weighted by Gasteiger charge is 1.98. The van der Waals surface area contributed by atoms with E-state index >= 15 is 0 Å². The number of aromatic nitrogens is 1. The fourth-order valence-electron chi connectivity index (χ4n) is 1.24. The highest BCUT2D eigenvalue weighted by atomic mass is 32.1. The number of hydrogen-bond donors (Lipinski definition) is 1. The maximum atomic E-state index is 7.69. The van der Waals surface area contributed by atoms with Crippen molar-refractivity contribution in [2.75, 3.05) is 0 Å². The second-order valence-electron chi connectivity index (χ2n) is 2.96. The van der Waals surface area contributed by atoms with Gasteiger partial charge in [0.05, 0.1) is 0 Å². The van der Waals surface area contributed by atoms with Crippen LogP contribution in [0, 0.1) is 5.41 Å². The summed E-state index contributed by atoms with van der Waals surface area (Å²) in [6, 6.07) is 9.83. The minimum atomic E-state index is 0.364. The Kier molecular flexibility index (Phi) is 2.70. The third-order valence-corrected chi connectivity index (χ3v) is 2.82. The Balaban J connectivity index is 2.35. The molecule has 2 aromatic heterocycles. The molecule has 1 N–H and O–H groups in total. The maximum Gasteiger partial charge on any atom is 0.147 e. The Bertz CT molecular complexity index is 463. The summed E-state index contributed by atoms with van der Waals surface area (Å²) < 4.78 is 0. The van der Waals surface area contributed by atoms with Crippen molar-refractivity contribution in [3.63, 3.8) is 0 Å². The van der Waals surface area contributed by atoms with E-state index in [9.17, 15) is 0 Å². The summed E-state index contributed by atoms with van der Waals surface area (Å²) in [5, 5.41) is 9.74. The molecule has 0 fully saturated rings. The molecular weight excluding hydrogens is 192 g/mol. The van der Waals surface area contributed by atoms with Crippen LogP contribution in [0.1, 0.15) is 10.4 Å². The minimum absolute atomic E-state index is 0.364. The number of nitrogens with zero attached hydrogens (tertiary/aromatic N) is 1. The molecule has 0 saturated heterocycles. The summed E-state index contributed by atoms with van der Waals surface area (Å²) in [5.74, 6) is 0. The molecule has 0 bridgehead atoms. The molecule has 70 valence electrons. The first-order valence-corrected chi connectivity index (χ1v) is 5.25. The molecule has 0 atom stereocenters. The monoisotopic (exact) mass is 202 g/mol. The van der Waals surface area contributed by atoms with Gasteiger partial charge in [0.15, 0.2) is 0 Å². The van der Waals surface area contributed by atoms with Gasteiger partial charge in [0, 0.05) is 23.1 Å². The molecule has 0 amide bonds. The molecule has 2 aromatic rings. The van der Waals surface area contributed by atoms with Crippen LogP contribution >= 0.6 is 11.3 Å². The molecule has 0 aromatic carbocycles. The fourth-order valence-corrected chi connectivity index (χ4v) is 1.97. The number of nitrogens with one attached hydrogen (secondary N) is 1. The molecule has 3 heteroatoms. The predicted molar refractivity (Wildman–Crippen MR) is 57.2 cm³/mol. The highest BCUT2D eigenvalue weighted by Crippen LogP contribution is 2.11. The average molecular weight is 202 g/mol. The Morgan fingerprint density at radius 2 is 2.14 bits per heavy atom. The van der Waals surface area contributed by atoms with E-state index in [0.717, 1.165) is 12.0 Å². The van der Waals surface area contributed by atoms with Crippen LogP contribution in [0.25, 0.3) is 0 Å². The standard InChI is InChI=1S/C11H10N2S/c12-11-9(4-1-2-6-13-11)8-10-5-3-7-14-10/h1-7,12H,8H2. The lowest BCUT2D eigenvalue weighted by Gasteiger charge is -1.93. The van der Waals surface area contributed by atoms with E-state index in [1.165, 1.54) is 4.88 Å². The normalized spacial score (nSPS) is 10.0. The zero-order valence-corrected chi connectivity index (χ0v) is 8.42. The predicted octanol–water partition coefficient (Wildman–Crippen LogP) is 2.21. The second-order valence-corrected chi connectivity index (χ2v) is 3.99. The molecule has 0 aliphatic carbocycles. The van der Waals surface area contributed by atoms with Gasteiger partial charge in [0.25, 0.3) is 0 Å². The van der Waals surface area contributed by atoms with Gasteiger partial charge in [-0.05, 0) is 17.5 Å². The molecule has 2 nitrogen and oxygen atoms in total. The molecule has 0 saturated carbocycles. The first kappa shape index (κ1) is 9.09. The van der Waals surface area contributed by atoms with Crippen LogP contribution in [0.4, 0.5) is 0 Å². The summed E-state index contributed by atoms with van der Waals surface area (Å²) in [5.41, 5.74) is 1.33. The van der Waals surface area contributed by atoms with Gasteiger partial charge in [0.1, 0.15) is 5.49 Å². The summed E-state index contributed by atoms with van der Waals surface area (Å²) in [7, 11) is 0. The van der Waals surface area contributed by atoms with Crippen molar-refractivity contribution in [2.24, 2.45) is 0 Å². The number of thiophene rings is 1. The highest BCUT2D eigenvalue weighted by molar-refractivity contribution is 7.09. The van der Waals surface area contributed by atoms with Gasteiger partial charge in [-0.2, -0.15) is 0 Å². The van der Waals surface area contributed by atoms with Gasteiger partial charge in [-0.25, -0.2) is 4.98 Å². The molecule has 0 radical (unpaired) electrons. The first-order valence-electron chi connectivity index (χ1n) is 4.37. The molecule has 0 unspecified atom stereocenters. The van der Waals surface area contributed by atoms with Gasteiger partial charge in [-0.15, -0.1) is 11.3 Å². The van der Waals surface area contributed by atoms with Crippen LogP contribution in [-0.2, 0) is 6.42 Å². The van der Waals surface area contributed by atoms with Crippen molar-refractivity contribution in [1.82, 2.24) is 4.98 Å².